The van der Waals surface area contributed by atoms with E-state index in [0.29, 0.717) is 29.7 Å². The average Bonchev–Trinajstić information content (AvgIpc) is 3.23. The number of benzene rings is 2. The van der Waals surface area contributed by atoms with Gasteiger partial charge in [0, 0.05) is 28.5 Å². The van der Waals surface area contributed by atoms with Crippen LogP contribution in [0.1, 0.15) is 63.7 Å². The number of fused-ring (bicyclic) bond motifs is 3. The fraction of sp³-hybridized carbons (Fsp3) is 0.333. The predicted molar refractivity (Wildman–Crippen MR) is 144 cm³/mol. The molecule has 0 aliphatic carbocycles. The van der Waals surface area contributed by atoms with Crippen molar-refractivity contribution in [3.05, 3.63) is 74.1 Å². The van der Waals surface area contributed by atoms with Crippen molar-refractivity contribution in [2.75, 3.05) is 18.5 Å². The van der Waals surface area contributed by atoms with Gasteiger partial charge in [0.2, 0.25) is 0 Å². The van der Waals surface area contributed by atoms with Crippen LogP contribution >= 0.6 is 27.3 Å². The molecule has 0 fully saturated rings. The lowest BCUT2D eigenvalue weighted by Gasteiger charge is -2.31. The largest absolute Gasteiger partial charge is 0.490 e. The van der Waals surface area contributed by atoms with Gasteiger partial charge >= 0.3 is 5.97 Å². The van der Waals surface area contributed by atoms with Gasteiger partial charge in [-0.1, -0.05) is 22.0 Å². The monoisotopic (exact) mass is 569 g/mol. The molecule has 1 amide bonds. The minimum atomic E-state index is -0.468. The molecule has 3 aromatic rings. The molecule has 188 valence electrons. The number of halogens is 1. The summed E-state index contributed by atoms with van der Waals surface area (Å²) in [4.78, 5) is 29.5. The molecule has 0 bridgehead atoms. The molecule has 1 aromatic heterocycles. The maximum absolute atomic E-state index is 13.2. The summed E-state index contributed by atoms with van der Waals surface area (Å²) in [6.45, 7) is 8.52. The van der Waals surface area contributed by atoms with Gasteiger partial charge in [0.1, 0.15) is 11.2 Å². The van der Waals surface area contributed by atoms with Crippen LogP contribution < -0.4 is 20.1 Å². The van der Waals surface area contributed by atoms with Crippen LogP contribution in [0.3, 0.4) is 0 Å². The number of thiophene rings is 1. The van der Waals surface area contributed by atoms with Crippen LogP contribution in [0.5, 0.6) is 11.5 Å². The van der Waals surface area contributed by atoms with Gasteiger partial charge in [0.25, 0.3) is 5.91 Å². The van der Waals surface area contributed by atoms with Gasteiger partial charge in [-0.15, -0.1) is 11.3 Å². The van der Waals surface area contributed by atoms with Crippen molar-refractivity contribution in [3.63, 3.8) is 0 Å². The molecular formula is C27H28BrN3O4S. The molecular weight excluding hydrogens is 542 g/mol. The van der Waals surface area contributed by atoms with Crippen molar-refractivity contribution in [2.24, 2.45) is 0 Å². The Morgan fingerprint density at radius 1 is 1.17 bits per heavy atom. The molecule has 0 saturated heterocycles. The van der Waals surface area contributed by atoms with Crippen LogP contribution in [0.4, 0.5) is 5.00 Å². The van der Waals surface area contributed by atoms with Crippen LogP contribution in [-0.2, 0) is 13.0 Å². The Kier molecular flexibility index (Phi) is 7.05. The average molecular weight is 571 g/mol. The van der Waals surface area contributed by atoms with Crippen molar-refractivity contribution in [1.82, 2.24) is 10.2 Å². The Balaban J connectivity index is 1.38. The van der Waals surface area contributed by atoms with E-state index >= 15 is 0 Å². The Bertz CT molecular complexity index is 1310. The van der Waals surface area contributed by atoms with Crippen LogP contribution in [0.25, 0.3) is 0 Å². The highest BCUT2D eigenvalue weighted by Gasteiger charge is 2.34. The van der Waals surface area contributed by atoms with Gasteiger partial charge in [-0.3, -0.25) is 9.69 Å². The van der Waals surface area contributed by atoms with Gasteiger partial charge in [-0.05, 0) is 74.7 Å². The first kappa shape index (κ1) is 24.8. The Hall–Kier alpha value is -2.88. The Labute approximate surface area is 222 Å². The molecule has 0 radical (unpaired) electrons. The number of hydrogen-bond donors (Lipinski definition) is 2. The first-order valence-electron chi connectivity index (χ1n) is 12.0. The van der Waals surface area contributed by atoms with E-state index in [1.165, 1.54) is 10.4 Å². The second kappa shape index (κ2) is 10.2. The zero-order valence-corrected chi connectivity index (χ0v) is 22.8. The van der Waals surface area contributed by atoms with E-state index in [4.69, 9.17) is 9.47 Å². The number of rotatable bonds is 6. The number of ether oxygens (including phenoxy) is 2. The number of carbonyl (C=O) groups is 2. The molecule has 2 aliphatic rings. The minimum absolute atomic E-state index is 0.0621. The summed E-state index contributed by atoms with van der Waals surface area (Å²) in [6.07, 6.45) is 0.466. The molecule has 5 rings (SSSR count). The zero-order valence-electron chi connectivity index (χ0n) is 20.4. The Morgan fingerprint density at radius 3 is 2.67 bits per heavy atom. The number of amides is 1. The zero-order chi connectivity index (χ0) is 25.4. The number of nitrogens with zero attached hydrogens (tertiary/aromatic N) is 1. The van der Waals surface area contributed by atoms with Gasteiger partial charge in [0.05, 0.1) is 17.7 Å². The third-order valence-corrected chi connectivity index (χ3v) is 8.15. The summed E-state index contributed by atoms with van der Waals surface area (Å²) in [5.41, 5.74) is 3.20. The normalized spacial score (nSPS) is 17.1. The van der Waals surface area contributed by atoms with E-state index in [2.05, 4.69) is 45.3 Å². The number of nitrogens with one attached hydrogen (secondary N) is 2. The van der Waals surface area contributed by atoms with E-state index in [-0.39, 0.29) is 5.91 Å². The maximum Gasteiger partial charge on any atom is 0.343 e. The van der Waals surface area contributed by atoms with Crippen molar-refractivity contribution in [2.45, 2.75) is 45.9 Å². The van der Waals surface area contributed by atoms with Gasteiger partial charge < -0.3 is 20.1 Å². The third-order valence-electron chi connectivity index (χ3n) is 6.48. The molecule has 2 aromatic carbocycles. The lowest BCUT2D eigenvalue weighted by atomic mass is 9.99. The second-order valence-electron chi connectivity index (χ2n) is 9.11. The first-order chi connectivity index (χ1) is 17.3. The molecule has 0 saturated carbocycles. The summed E-state index contributed by atoms with van der Waals surface area (Å²) in [6, 6.07) is 12.8. The van der Waals surface area contributed by atoms with E-state index in [1.54, 1.807) is 41.7 Å². The fourth-order valence-corrected chi connectivity index (χ4v) is 6.11. The van der Waals surface area contributed by atoms with Crippen LogP contribution in [0.15, 0.2) is 46.9 Å². The molecule has 9 heteroatoms. The highest BCUT2D eigenvalue weighted by atomic mass is 79.9. The second-order valence-corrected chi connectivity index (χ2v) is 11.1. The van der Waals surface area contributed by atoms with Gasteiger partial charge in [0.15, 0.2) is 11.5 Å². The summed E-state index contributed by atoms with van der Waals surface area (Å²) >= 11 is 5.04. The SMILES string of the molecule is CCOc1cc(C2NC(=O)c3c(sc4c3CCN(C(C)C)C4)N2)ccc1OC(=O)c1ccc(Br)cc1. The predicted octanol–water partition coefficient (Wildman–Crippen LogP) is 5.75. The molecule has 7 nitrogen and oxygen atoms in total. The summed E-state index contributed by atoms with van der Waals surface area (Å²) in [5, 5.41) is 7.51. The lowest BCUT2D eigenvalue weighted by Crippen LogP contribution is -2.39. The summed E-state index contributed by atoms with van der Waals surface area (Å²) in [7, 11) is 0. The lowest BCUT2D eigenvalue weighted by molar-refractivity contribution is 0.0728. The van der Waals surface area contributed by atoms with Crippen LogP contribution in [0.2, 0.25) is 0 Å². The van der Waals surface area contributed by atoms with E-state index in [1.807, 2.05) is 19.1 Å². The fourth-order valence-electron chi connectivity index (χ4n) is 4.54. The van der Waals surface area contributed by atoms with Crippen LogP contribution in [0, 0.1) is 0 Å². The molecule has 1 unspecified atom stereocenters. The number of anilines is 1. The summed E-state index contributed by atoms with van der Waals surface area (Å²) in [5.74, 6) is 0.245. The van der Waals surface area contributed by atoms with Crippen molar-refractivity contribution < 1.29 is 19.1 Å². The minimum Gasteiger partial charge on any atom is -0.490 e. The molecule has 0 spiro atoms. The molecule has 1 atom stereocenters. The van der Waals surface area contributed by atoms with E-state index in [9.17, 15) is 9.59 Å². The van der Waals surface area contributed by atoms with Crippen molar-refractivity contribution in [1.29, 1.82) is 0 Å². The Morgan fingerprint density at radius 2 is 1.94 bits per heavy atom. The molecule has 36 heavy (non-hydrogen) atoms. The highest BCUT2D eigenvalue weighted by molar-refractivity contribution is 9.10. The molecule has 3 heterocycles. The van der Waals surface area contributed by atoms with Crippen molar-refractivity contribution >= 4 is 44.1 Å². The summed E-state index contributed by atoms with van der Waals surface area (Å²) < 4.78 is 12.3. The smallest absolute Gasteiger partial charge is 0.343 e. The number of esters is 1. The first-order valence-corrected chi connectivity index (χ1v) is 13.7. The van der Waals surface area contributed by atoms with Crippen LogP contribution in [-0.4, -0.2) is 36.0 Å². The highest BCUT2D eigenvalue weighted by Crippen LogP contribution is 2.42. The van der Waals surface area contributed by atoms with Gasteiger partial charge in [-0.25, -0.2) is 4.79 Å². The molecule has 2 aliphatic heterocycles. The van der Waals surface area contributed by atoms with E-state index in [0.717, 1.165) is 40.1 Å². The topological polar surface area (TPSA) is 79.9 Å². The molecule has 2 N–H and O–H groups in total. The van der Waals surface area contributed by atoms with Gasteiger partial charge in [-0.2, -0.15) is 0 Å². The number of hydrogen-bond acceptors (Lipinski definition) is 7. The quantitative estimate of drug-likeness (QED) is 0.290. The number of carbonyl (C=O) groups excluding carboxylic acids is 2. The van der Waals surface area contributed by atoms with Crippen molar-refractivity contribution in [3.8, 4) is 11.5 Å². The maximum atomic E-state index is 13.2. The van der Waals surface area contributed by atoms with E-state index < -0.39 is 12.1 Å². The third kappa shape index (κ3) is 4.87. The standard InChI is InChI=1S/C27H28BrN3O4S/c1-4-34-21-13-17(7-10-20(21)35-27(33)16-5-8-18(28)9-6-16)24-29-25(32)23-19-11-12-31(15(2)3)14-22(19)36-26(23)30-24/h5-10,13,15,24,30H,4,11-12,14H2,1-3H3,(H,29,32).